The molecule has 1 heterocycles. The number of likely N-dealkylation sites (N-methyl/N-ethyl adjacent to an activating group) is 1. The topological polar surface area (TPSA) is 61.1 Å². The van der Waals surface area contributed by atoms with Crippen LogP contribution >= 0.6 is 0 Å². The largest absolute Gasteiger partial charge is 0.416 e. The highest BCUT2D eigenvalue weighted by Crippen LogP contribution is 2.43. The maximum absolute atomic E-state index is 13.7. The molecular formula is C26H26F7N3O2. The molecule has 0 aliphatic heterocycles. The predicted octanol–water partition coefficient (Wildman–Crippen LogP) is 6.40. The Morgan fingerprint density at radius 3 is 2.13 bits per heavy atom. The van der Waals surface area contributed by atoms with Crippen LogP contribution in [0.5, 0.6) is 0 Å². The molecular weight excluding hydrogens is 519 g/mol. The van der Waals surface area contributed by atoms with Crippen molar-refractivity contribution in [3.05, 3.63) is 92.9 Å². The molecule has 0 radical (unpaired) electrons. The van der Waals surface area contributed by atoms with Gasteiger partial charge in [-0.3, -0.25) is 4.90 Å². The molecule has 2 N–H and O–H groups in total. The number of benzene rings is 2. The van der Waals surface area contributed by atoms with Gasteiger partial charge in [-0.15, -0.1) is 0 Å². The number of aromatic amines is 2. The number of nitrogens with one attached hydrogen (secondary N) is 2. The molecule has 5 nitrogen and oxygen atoms in total. The van der Waals surface area contributed by atoms with Crippen molar-refractivity contribution < 1.29 is 35.5 Å². The van der Waals surface area contributed by atoms with Crippen molar-refractivity contribution in [1.29, 1.82) is 0 Å². The van der Waals surface area contributed by atoms with E-state index >= 15 is 0 Å². The van der Waals surface area contributed by atoms with Crippen LogP contribution in [0.4, 0.5) is 30.7 Å². The molecule has 38 heavy (non-hydrogen) atoms. The molecule has 0 bridgehead atoms. The van der Waals surface area contributed by atoms with E-state index in [0.717, 1.165) is 5.56 Å². The van der Waals surface area contributed by atoms with Crippen LogP contribution < -0.4 is 5.69 Å². The summed E-state index contributed by atoms with van der Waals surface area (Å²) >= 11 is 0. The summed E-state index contributed by atoms with van der Waals surface area (Å²) in [5.41, 5.74) is -2.05. The summed E-state index contributed by atoms with van der Waals surface area (Å²) in [5.74, 6) is -0.808. The first-order chi connectivity index (χ1) is 17.7. The van der Waals surface area contributed by atoms with E-state index in [1.54, 1.807) is 18.3 Å². The molecule has 2 aromatic carbocycles. The lowest BCUT2D eigenvalue weighted by atomic mass is 9.91. The van der Waals surface area contributed by atoms with Gasteiger partial charge >= 0.3 is 18.0 Å². The lowest BCUT2D eigenvalue weighted by molar-refractivity contribution is -0.143. The van der Waals surface area contributed by atoms with E-state index in [2.05, 4.69) is 9.97 Å². The zero-order valence-electron chi connectivity index (χ0n) is 20.5. The highest BCUT2D eigenvalue weighted by Gasteiger charge is 2.42. The van der Waals surface area contributed by atoms with Crippen LogP contribution in [0.15, 0.2) is 53.5 Å². The van der Waals surface area contributed by atoms with E-state index in [4.69, 9.17) is 4.74 Å². The monoisotopic (exact) mass is 545 g/mol. The predicted molar refractivity (Wildman–Crippen MR) is 125 cm³/mol. The minimum absolute atomic E-state index is 0.0867. The lowest BCUT2D eigenvalue weighted by Crippen LogP contribution is -2.36. The summed E-state index contributed by atoms with van der Waals surface area (Å²) in [6.45, 7) is 1.78. The molecule has 3 aromatic rings. The molecule has 3 unspecified atom stereocenters. The first kappa shape index (κ1) is 27.9. The Bertz CT molecular complexity index is 1270. The van der Waals surface area contributed by atoms with Crippen LogP contribution in [-0.4, -0.2) is 34.1 Å². The number of hydrogen-bond acceptors (Lipinski definition) is 3. The second-order valence-electron chi connectivity index (χ2n) is 9.56. The van der Waals surface area contributed by atoms with Crippen LogP contribution in [-0.2, 0) is 23.6 Å². The smallest absolute Gasteiger partial charge is 0.370 e. The van der Waals surface area contributed by atoms with Crippen LogP contribution in [0.2, 0.25) is 0 Å². The molecule has 1 aliphatic carbocycles. The van der Waals surface area contributed by atoms with Crippen molar-refractivity contribution in [3.8, 4) is 0 Å². The summed E-state index contributed by atoms with van der Waals surface area (Å²) in [4.78, 5) is 18.7. The summed E-state index contributed by atoms with van der Waals surface area (Å²) in [7, 11) is 1.83. The Morgan fingerprint density at radius 2 is 1.61 bits per heavy atom. The number of imidazole rings is 1. The first-order valence-corrected chi connectivity index (χ1v) is 11.9. The average molecular weight is 545 g/mol. The van der Waals surface area contributed by atoms with Gasteiger partial charge in [-0.2, -0.15) is 26.3 Å². The van der Waals surface area contributed by atoms with Crippen molar-refractivity contribution in [3.63, 3.8) is 0 Å². The molecule has 0 spiro atoms. The van der Waals surface area contributed by atoms with Gasteiger partial charge in [0, 0.05) is 30.4 Å². The van der Waals surface area contributed by atoms with Gasteiger partial charge in [0.1, 0.15) is 5.82 Å². The minimum atomic E-state index is -4.97. The number of halogens is 7. The Kier molecular flexibility index (Phi) is 7.76. The summed E-state index contributed by atoms with van der Waals surface area (Å²) in [6.07, 6.45) is -8.98. The third-order valence-electron chi connectivity index (χ3n) is 6.91. The fraction of sp³-hybridized carbons (Fsp3) is 0.423. The van der Waals surface area contributed by atoms with Gasteiger partial charge in [0.15, 0.2) is 0 Å². The van der Waals surface area contributed by atoms with Crippen molar-refractivity contribution in [2.75, 3.05) is 7.05 Å². The average Bonchev–Trinajstić information content (AvgIpc) is 3.44. The Labute approximate surface area is 213 Å². The maximum atomic E-state index is 13.7. The molecule has 0 saturated heterocycles. The molecule has 1 saturated carbocycles. The number of aromatic nitrogens is 2. The third-order valence-corrected chi connectivity index (χ3v) is 6.91. The van der Waals surface area contributed by atoms with Crippen molar-refractivity contribution in [2.45, 2.75) is 62.8 Å². The minimum Gasteiger partial charge on any atom is -0.370 e. The molecule has 12 heteroatoms. The number of hydrogen-bond donors (Lipinski definition) is 2. The summed E-state index contributed by atoms with van der Waals surface area (Å²) in [5, 5.41) is 0. The van der Waals surface area contributed by atoms with Gasteiger partial charge in [-0.25, -0.2) is 9.18 Å². The van der Waals surface area contributed by atoms with Gasteiger partial charge in [0.25, 0.3) is 0 Å². The van der Waals surface area contributed by atoms with E-state index in [9.17, 15) is 35.5 Å². The van der Waals surface area contributed by atoms with Gasteiger partial charge in [0.2, 0.25) is 0 Å². The van der Waals surface area contributed by atoms with Gasteiger partial charge in [-0.05, 0) is 68.3 Å². The maximum Gasteiger partial charge on any atom is 0.416 e. The van der Waals surface area contributed by atoms with Crippen LogP contribution in [0.25, 0.3) is 0 Å². The van der Waals surface area contributed by atoms with E-state index in [-0.39, 0.29) is 29.3 Å². The van der Waals surface area contributed by atoms with Crippen molar-refractivity contribution in [2.24, 2.45) is 0 Å². The highest BCUT2D eigenvalue weighted by molar-refractivity contribution is 5.35. The van der Waals surface area contributed by atoms with E-state index < -0.39 is 41.5 Å². The second-order valence-corrected chi connectivity index (χ2v) is 9.56. The molecule has 0 amide bonds. The van der Waals surface area contributed by atoms with Crippen molar-refractivity contribution in [1.82, 2.24) is 14.9 Å². The molecule has 1 aliphatic rings. The molecule has 4 rings (SSSR count). The van der Waals surface area contributed by atoms with Gasteiger partial charge in [0.05, 0.1) is 23.3 Å². The molecule has 1 aromatic heterocycles. The third kappa shape index (κ3) is 6.29. The highest BCUT2D eigenvalue weighted by atomic mass is 19.4. The molecule has 206 valence electrons. The van der Waals surface area contributed by atoms with E-state index in [1.165, 1.54) is 19.1 Å². The van der Waals surface area contributed by atoms with E-state index in [1.807, 2.05) is 11.9 Å². The normalized spacial score (nSPS) is 21.3. The zero-order chi connectivity index (χ0) is 27.8. The number of rotatable bonds is 7. The van der Waals surface area contributed by atoms with Gasteiger partial charge < -0.3 is 14.7 Å². The van der Waals surface area contributed by atoms with E-state index in [0.29, 0.717) is 37.2 Å². The number of H-pyrrole nitrogens is 2. The standard InChI is InChI=1S/C26H26F7N3O2/c1-14(16-9-17(25(28,29)30)11-18(10-16)26(31,32)33)38-22-8-7-21(23(22)15-3-5-19(27)6-4-15)36(2)13-20-12-34-24(37)35-20/h3-6,9-12,14,21-23H,7-8,13H2,1-2H3,(H2,34,35,37)/t14-,21?,22?,23?/m1/s1. The lowest BCUT2D eigenvalue weighted by Gasteiger charge is -2.33. The Hall–Kier alpha value is -3.12. The number of ether oxygens (including phenoxy) is 1. The quantitative estimate of drug-likeness (QED) is 0.338. The van der Waals surface area contributed by atoms with Crippen LogP contribution in [0, 0.1) is 5.82 Å². The fourth-order valence-corrected chi connectivity index (χ4v) is 5.11. The first-order valence-electron chi connectivity index (χ1n) is 11.9. The summed E-state index contributed by atoms with van der Waals surface area (Å²) in [6, 6.07) is 7.04. The Morgan fingerprint density at radius 1 is 1.00 bits per heavy atom. The SMILES string of the molecule is C[C@@H](OC1CCC(N(C)Cc2c[nH]c(=O)[nH]2)C1c1ccc(F)cc1)c1cc(C(F)(F)F)cc(C(F)(F)F)c1. The van der Waals surface area contributed by atoms with Crippen LogP contribution in [0.1, 0.15) is 59.7 Å². The van der Waals surface area contributed by atoms with Crippen LogP contribution in [0.3, 0.4) is 0 Å². The fourth-order valence-electron chi connectivity index (χ4n) is 5.11. The summed E-state index contributed by atoms with van der Waals surface area (Å²) < 4.78 is 100. The Balaban J connectivity index is 1.63. The second kappa shape index (κ2) is 10.6. The van der Waals surface area contributed by atoms with Crippen molar-refractivity contribution >= 4 is 0 Å². The van der Waals surface area contributed by atoms with Gasteiger partial charge in [-0.1, -0.05) is 12.1 Å². The number of alkyl halides is 6. The number of nitrogens with zero attached hydrogens (tertiary/aromatic N) is 1. The zero-order valence-corrected chi connectivity index (χ0v) is 20.5. The molecule has 4 atom stereocenters. The molecule has 1 fully saturated rings.